The molecule has 18 heavy (non-hydrogen) atoms. The van der Waals surface area contributed by atoms with E-state index in [1.807, 2.05) is 0 Å². The minimum Gasteiger partial charge on any atom is -0.411 e. The van der Waals surface area contributed by atoms with E-state index in [1.54, 1.807) is 0 Å². The van der Waals surface area contributed by atoms with Gasteiger partial charge in [-0.1, -0.05) is 25.1 Å². The molecule has 0 amide bonds. The van der Waals surface area contributed by atoms with Crippen LogP contribution in [0.3, 0.4) is 0 Å². The molecule has 0 fully saturated rings. The highest BCUT2D eigenvalue weighted by Gasteiger charge is 2.24. The van der Waals surface area contributed by atoms with Crippen molar-refractivity contribution < 1.29 is 5.21 Å². The van der Waals surface area contributed by atoms with Crippen LogP contribution >= 0.6 is 0 Å². The van der Waals surface area contributed by atoms with Crippen LogP contribution in [0.15, 0.2) is 23.4 Å². The second-order valence-corrected chi connectivity index (χ2v) is 5.35. The van der Waals surface area contributed by atoms with Gasteiger partial charge in [-0.25, -0.2) is 0 Å². The standard InChI is InChI=1S/C15H18N2O/c1-9(2)11-4-5-14-12(8-11)10(3)15-13(16-18)6-7-17(14)15/h4-5,8-9,18H,6-7H2,1-3H3. The molecule has 0 atom stereocenters. The van der Waals surface area contributed by atoms with Crippen LogP contribution < -0.4 is 0 Å². The third kappa shape index (κ3) is 1.40. The Bertz CT molecular complexity index is 650. The van der Waals surface area contributed by atoms with Gasteiger partial charge in [0.1, 0.15) is 5.71 Å². The average molecular weight is 242 g/mol. The van der Waals surface area contributed by atoms with Gasteiger partial charge in [-0.3, -0.25) is 0 Å². The van der Waals surface area contributed by atoms with Crippen LogP contribution in [0.25, 0.3) is 10.9 Å². The van der Waals surface area contributed by atoms with E-state index in [0.717, 1.165) is 24.4 Å². The van der Waals surface area contributed by atoms with Crippen LogP contribution in [0.5, 0.6) is 0 Å². The van der Waals surface area contributed by atoms with E-state index in [1.165, 1.54) is 22.0 Å². The van der Waals surface area contributed by atoms with E-state index in [2.05, 4.69) is 48.7 Å². The first-order valence-electron chi connectivity index (χ1n) is 6.47. The SMILES string of the molecule is Cc1c2n(c3ccc(C(C)C)cc13)CCC2=NO. The lowest BCUT2D eigenvalue weighted by atomic mass is 10.00. The molecule has 0 aliphatic carbocycles. The van der Waals surface area contributed by atoms with Crippen molar-refractivity contribution >= 4 is 16.6 Å². The molecule has 0 radical (unpaired) electrons. The minimum atomic E-state index is 0.537. The van der Waals surface area contributed by atoms with Crippen molar-refractivity contribution in [2.24, 2.45) is 5.16 Å². The number of benzene rings is 1. The van der Waals surface area contributed by atoms with Gasteiger partial charge in [0.25, 0.3) is 0 Å². The Morgan fingerprint density at radius 2 is 2.11 bits per heavy atom. The molecule has 0 unspecified atom stereocenters. The molecular weight excluding hydrogens is 224 g/mol. The molecule has 1 aliphatic rings. The molecule has 1 N–H and O–H groups in total. The summed E-state index contributed by atoms with van der Waals surface area (Å²) in [5.74, 6) is 0.537. The third-order valence-electron chi connectivity index (χ3n) is 3.97. The van der Waals surface area contributed by atoms with E-state index in [4.69, 9.17) is 5.21 Å². The fourth-order valence-corrected chi connectivity index (χ4v) is 2.94. The number of oxime groups is 1. The van der Waals surface area contributed by atoms with Gasteiger partial charge in [-0.05, 0) is 36.1 Å². The van der Waals surface area contributed by atoms with Gasteiger partial charge in [0.05, 0.1) is 5.69 Å². The summed E-state index contributed by atoms with van der Waals surface area (Å²) in [6, 6.07) is 6.67. The largest absolute Gasteiger partial charge is 0.411 e. The number of aryl methyl sites for hydroxylation is 2. The van der Waals surface area contributed by atoms with Crippen molar-refractivity contribution in [2.75, 3.05) is 0 Å². The Morgan fingerprint density at radius 1 is 1.33 bits per heavy atom. The van der Waals surface area contributed by atoms with Crippen molar-refractivity contribution in [2.45, 2.75) is 39.7 Å². The van der Waals surface area contributed by atoms with Crippen LogP contribution in [0.2, 0.25) is 0 Å². The highest BCUT2D eigenvalue weighted by Crippen LogP contribution is 2.33. The quantitative estimate of drug-likeness (QED) is 0.601. The lowest BCUT2D eigenvalue weighted by molar-refractivity contribution is 0.318. The van der Waals surface area contributed by atoms with Crippen molar-refractivity contribution in [1.29, 1.82) is 0 Å². The Hall–Kier alpha value is -1.77. The van der Waals surface area contributed by atoms with E-state index >= 15 is 0 Å². The molecule has 0 spiro atoms. The average Bonchev–Trinajstić information content (AvgIpc) is 2.90. The van der Waals surface area contributed by atoms with Gasteiger partial charge in [0.15, 0.2) is 0 Å². The highest BCUT2D eigenvalue weighted by atomic mass is 16.4. The highest BCUT2D eigenvalue weighted by molar-refractivity contribution is 6.07. The first kappa shape index (κ1) is 11.3. The van der Waals surface area contributed by atoms with Crippen molar-refractivity contribution in [3.63, 3.8) is 0 Å². The molecule has 1 aliphatic heterocycles. The summed E-state index contributed by atoms with van der Waals surface area (Å²) in [6.45, 7) is 7.45. The van der Waals surface area contributed by atoms with E-state index in [9.17, 15) is 0 Å². The van der Waals surface area contributed by atoms with E-state index in [-0.39, 0.29) is 0 Å². The zero-order valence-electron chi connectivity index (χ0n) is 11.1. The Labute approximate surface area is 107 Å². The smallest absolute Gasteiger partial charge is 0.105 e. The molecular formula is C15H18N2O. The number of fused-ring (bicyclic) bond motifs is 3. The van der Waals surface area contributed by atoms with Gasteiger partial charge < -0.3 is 9.77 Å². The lowest BCUT2D eigenvalue weighted by Crippen LogP contribution is -1.96. The number of nitrogens with zero attached hydrogens (tertiary/aromatic N) is 2. The normalized spacial score (nSPS) is 17.0. The predicted molar refractivity (Wildman–Crippen MR) is 73.7 cm³/mol. The summed E-state index contributed by atoms with van der Waals surface area (Å²) < 4.78 is 2.27. The summed E-state index contributed by atoms with van der Waals surface area (Å²) in [4.78, 5) is 0. The van der Waals surface area contributed by atoms with E-state index < -0.39 is 0 Å². The maximum absolute atomic E-state index is 9.08. The van der Waals surface area contributed by atoms with Gasteiger partial charge in [-0.2, -0.15) is 0 Å². The van der Waals surface area contributed by atoms with Crippen molar-refractivity contribution in [1.82, 2.24) is 4.57 Å². The molecule has 2 aromatic rings. The van der Waals surface area contributed by atoms with Crippen LogP contribution in [-0.4, -0.2) is 15.5 Å². The summed E-state index contributed by atoms with van der Waals surface area (Å²) >= 11 is 0. The second-order valence-electron chi connectivity index (χ2n) is 5.35. The fourth-order valence-electron chi connectivity index (χ4n) is 2.94. The Kier molecular flexibility index (Phi) is 2.44. The molecule has 0 saturated heterocycles. The minimum absolute atomic E-state index is 0.537. The van der Waals surface area contributed by atoms with Crippen LogP contribution in [-0.2, 0) is 6.54 Å². The van der Waals surface area contributed by atoms with Crippen LogP contribution in [0.4, 0.5) is 0 Å². The predicted octanol–water partition coefficient (Wildman–Crippen LogP) is 3.66. The Morgan fingerprint density at radius 3 is 2.78 bits per heavy atom. The first-order chi connectivity index (χ1) is 8.63. The number of rotatable bonds is 1. The molecule has 3 heteroatoms. The number of hydrogen-bond acceptors (Lipinski definition) is 2. The maximum atomic E-state index is 9.08. The molecule has 3 nitrogen and oxygen atoms in total. The van der Waals surface area contributed by atoms with Crippen LogP contribution in [0.1, 0.15) is 43.0 Å². The lowest BCUT2D eigenvalue weighted by Gasteiger charge is -2.06. The summed E-state index contributed by atoms with van der Waals surface area (Å²) in [5, 5.41) is 13.8. The monoisotopic (exact) mass is 242 g/mol. The zero-order chi connectivity index (χ0) is 12.9. The maximum Gasteiger partial charge on any atom is 0.105 e. The summed E-state index contributed by atoms with van der Waals surface area (Å²) in [7, 11) is 0. The first-order valence-corrected chi connectivity index (χ1v) is 6.47. The molecule has 1 aromatic heterocycles. The fraction of sp³-hybridized carbons (Fsp3) is 0.400. The Balaban J connectivity index is 2.31. The van der Waals surface area contributed by atoms with E-state index in [0.29, 0.717) is 5.92 Å². The molecule has 1 aromatic carbocycles. The summed E-state index contributed by atoms with van der Waals surface area (Å²) in [5.41, 5.74) is 5.77. The number of aromatic nitrogens is 1. The van der Waals surface area contributed by atoms with Gasteiger partial charge in [0.2, 0.25) is 0 Å². The number of hydrogen-bond donors (Lipinski definition) is 1. The van der Waals surface area contributed by atoms with Crippen LogP contribution in [0, 0.1) is 6.92 Å². The van der Waals surface area contributed by atoms with Gasteiger partial charge >= 0.3 is 0 Å². The molecule has 2 heterocycles. The topological polar surface area (TPSA) is 37.5 Å². The molecule has 3 rings (SSSR count). The second kappa shape index (κ2) is 3.87. The van der Waals surface area contributed by atoms with Gasteiger partial charge in [0, 0.05) is 23.9 Å². The molecule has 0 saturated carbocycles. The van der Waals surface area contributed by atoms with Crippen molar-refractivity contribution in [3.8, 4) is 0 Å². The third-order valence-corrected chi connectivity index (χ3v) is 3.97. The summed E-state index contributed by atoms with van der Waals surface area (Å²) in [6.07, 6.45) is 0.828. The van der Waals surface area contributed by atoms with Crippen molar-refractivity contribution in [3.05, 3.63) is 35.0 Å². The molecule has 0 bridgehead atoms. The van der Waals surface area contributed by atoms with Gasteiger partial charge in [-0.15, -0.1) is 0 Å². The molecule has 94 valence electrons. The zero-order valence-corrected chi connectivity index (χ0v) is 11.1.